The van der Waals surface area contributed by atoms with Gasteiger partial charge in [-0.05, 0) is 35.6 Å². The van der Waals surface area contributed by atoms with Gasteiger partial charge in [0.15, 0.2) is 0 Å². The van der Waals surface area contributed by atoms with E-state index in [9.17, 15) is 9.59 Å². The molecule has 2 aromatic rings. The van der Waals surface area contributed by atoms with Gasteiger partial charge in [0.25, 0.3) is 0 Å². The largest absolute Gasteiger partial charge is 0.449 e. The van der Waals surface area contributed by atoms with E-state index in [4.69, 9.17) is 4.74 Å². The summed E-state index contributed by atoms with van der Waals surface area (Å²) in [6.07, 6.45) is 0.586. The highest BCUT2D eigenvalue weighted by molar-refractivity contribution is 5.87. The lowest BCUT2D eigenvalue weighted by molar-refractivity contribution is -0.122. The van der Waals surface area contributed by atoms with E-state index in [1.807, 2.05) is 39.0 Å². The highest BCUT2D eigenvalue weighted by Gasteiger charge is 2.22. The summed E-state index contributed by atoms with van der Waals surface area (Å²) < 4.78 is 5.34. The van der Waals surface area contributed by atoms with Crippen LogP contribution in [0.25, 0.3) is 10.8 Å². The number of nitrogens with zero attached hydrogens (tertiary/aromatic N) is 2. The maximum atomic E-state index is 12.7. The normalized spacial score (nSPS) is 16.3. The molecule has 1 unspecified atom stereocenters. The minimum absolute atomic E-state index is 0.00580. The first-order chi connectivity index (χ1) is 14.4. The molecule has 0 bridgehead atoms. The smallest absolute Gasteiger partial charge is 0.409 e. The van der Waals surface area contributed by atoms with Crippen LogP contribution in [0.4, 0.5) is 4.79 Å². The van der Waals surface area contributed by atoms with Gasteiger partial charge < -0.3 is 15.0 Å². The van der Waals surface area contributed by atoms with Crippen molar-refractivity contribution in [2.45, 2.75) is 33.2 Å². The number of amides is 2. The molecule has 1 fully saturated rings. The Hall–Kier alpha value is -2.60. The molecule has 2 aromatic carbocycles. The monoisotopic (exact) mass is 411 g/mol. The number of hydrogen-bond acceptors (Lipinski definition) is 4. The van der Waals surface area contributed by atoms with Crippen LogP contribution in [0.1, 0.15) is 38.8 Å². The molecule has 1 aliphatic heterocycles. The molecule has 0 radical (unpaired) electrons. The SMILES string of the molecule is CC(C)COC(=O)N1CCCN(CC(=O)NC(C)c2cccc3ccccc23)CC1. The molecular formula is C24H33N3O3. The second-order valence-electron chi connectivity index (χ2n) is 8.45. The zero-order chi connectivity index (χ0) is 21.5. The summed E-state index contributed by atoms with van der Waals surface area (Å²) in [5.41, 5.74) is 1.12. The number of ether oxygens (including phenoxy) is 1. The maximum Gasteiger partial charge on any atom is 0.409 e. The van der Waals surface area contributed by atoms with E-state index in [0.29, 0.717) is 38.7 Å². The van der Waals surface area contributed by atoms with Crippen molar-refractivity contribution in [2.24, 2.45) is 5.92 Å². The molecule has 1 aliphatic rings. The van der Waals surface area contributed by atoms with Crippen molar-refractivity contribution >= 4 is 22.8 Å². The molecule has 0 spiro atoms. The summed E-state index contributed by atoms with van der Waals surface area (Å²) >= 11 is 0. The van der Waals surface area contributed by atoms with E-state index in [1.54, 1.807) is 4.90 Å². The van der Waals surface area contributed by atoms with Gasteiger partial charge in [0.05, 0.1) is 19.2 Å². The fourth-order valence-corrected chi connectivity index (χ4v) is 3.84. The molecule has 30 heavy (non-hydrogen) atoms. The fourth-order valence-electron chi connectivity index (χ4n) is 3.84. The van der Waals surface area contributed by atoms with Gasteiger partial charge in [-0.15, -0.1) is 0 Å². The Morgan fingerprint density at radius 1 is 1.00 bits per heavy atom. The molecule has 2 amide bonds. The zero-order valence-corrected chi connectivity index (χ0v) is 18.3. The molecule has 1 heterocycles. The molecule has 1 atom stereocenters. The van der Waals surface area contributed by atoms with Crippen LogP contribution in [-0.2, 0) is 9.53 Å². The van der Waals surface area contributed by atoms with Gasteiger partial charge in [-0.1, -0.05) is 56.3 Å². The Kier molecular flexibility index (Phi) is 7.69. The van der Waals surface area contributed by atoms with E-state index in [-0.39, 0.29) is 18.0 Å². The Labute approximate surface area is 179 Å². The van der Waals surface area contributed by atoms with Crippen molar-refractivity contribution in [3.63, 3.8) is 0 Å². The molecule has 0 aliphatic carbocycles. The molecule has 6 heteroatoms. The summed E-state index contributed by atoms with van der Waals surface area (Å²) in [4.78, 5) is 28.7. The number of rotatable bonds is 6. The van der Waals surface area contributed by atoms with Crippen LogP contribution in [0, 0.1) is 5.92 Å². The van der Waals surface area contributed by atoms with Crippen molar-refractivity contribution in [2.75, 3.05) is 39.3 Å². The molecule has 0 aromatic heterocycles. The average Bonchev–Trinajstić information content (AvgIpc) is 2.97. The lowest BCUT2D eigenvalue weighted by atomic mass is 10.00. The molecule has 162 valence electrons. The third-order valence-corrected chi connectivity index (χ3v) is 5.42. The predicted molar refractivity (Wildman–Crippen MR) is 119 cm³/mol. The maximum absolute atomic E-state index is 12.7. The highest BCUT2D eigenvalue weighted by Crippen LogP contribution is 2.24. The molecule has 6 nitrogen and oxygen atoms in total. The first-order valence-electron chi connectivity index (χ1n) is 10.8. The second-order valence-corrected chi connectivity index (χ2v) is 8.45. The quantitative estimate of drug-likeness (QED) is 0.785. The van der Waals surface area contributed by atoms with Crippen molar-refractivity contribution in [3.05, 3.63) is 48.0 Å². The number of benzene rings is 2. The standard InChI is InChI=1S/C24H33N3O3/c1-18(2)17-30-24(29)27-13-7-12-26(14-15-27)16-23(28)25-19(3)21-11-6-9-20-8-4-5-10-22(20)21/h4-6,8-11,18-19H,7,12-17H2,1-3H3,(H,25,28). The summed E-state index contributed by atoms with van der Waals surface area (Å²) in [7, 11) is 0. The van der Waals surface area contributed by atoms with E-state index in [2.05, 4.69) is 34.5 Å². The topological polar surface area (TPSA) is 61.9 Å². The van der Waals surface area contributed by atoms with Crippen LogP contribution in [0.15, 0.2) is 42.5 Å². The Bertz CT molecular complexity index is 862. The molecule has 0 saturated carbocycles. The van der Waals surface area contributed by atoms with E-state index < -0.39 is 0 Å². The summed E-state index contributed by atoms with van der Waals surface area (Å²) in [5, 5.41) is 5.48. The Morgan fingerprint density at radius 3 is 2.57 bits per heavy atom. The van der Waals surface area contributed by atoms with E-state index in [0.717, 1.165) is 23.9 Å². The van der Waals surface area contributed by atoms with Crippen molar-refractivity contribution in [1.29, 1.82) is 0 Å². The first kappa shape index (κ1) is 22.1. The minimum atomic E-state index is -0.250. The summed E-state index contributed by atoms with van der Waals surface area (Å²) in [6, 6.07) is 14.3. The molecule has 1 N–H and O–H groups in total. The van der Waals surface area contributed by atoms with Gasteiger partial charge in [0.1, 0.15) is 0 Å². The molecule has 1 saturated heterocycles. The van der Waals surface area contributed by atoms with Gasteiger partial charge in [0.2, 0.25) is 5.91 Å². The van der Waals surface area contributed by atoms with Crippen LogP contribution in [0.3, 0.4) is 0 Å². The average molecular weight is 412 g/mol. The second kappa shape index (κ2) is 10.4. The lowest BCUT2D eigenvalue weighted by Gasteiger charge is -2.23. The summed E-state index contributed by atoms with van der Waals surface area (Å²) in [5.74, 6) is 0.330. The lowest BCUT2D eigenvalue weighted by Crippen LogP contribution is -2.40. The third kappa shape index (κ3) is 5.95. The molecule has 3 rings (SSSR count). The van der Waals surface area contributed by atoms with Crippen LogP contribution in [0.5, 0.6) is 0 Å². The van der Waals surface area contributed by atoms with Gasteiger partial charge in [-0.25, -0.2) is 4.79 Å². The van der Waals surface area contributed by atoms with E-state index in [1.165, 1.54) is 5.39 Å². The number of carbonyl (C=O) groups is 2. The third-order valence-electron chi connectivity index (χ3n) is 5.42. The number of fused-ring (bicyclic) bond motifs is 1. The number of nitrogens with one attached hydrogen (secondary N) is 1. The van der Waals surface area contributed by atoms with Crippen molar-refractivity contribution in [3.8, 4) is 0 Å². The van der Waals surface area contributed by atoms with Gasteiger partial charge in [-0.3, -0.25) is 9.69 Å². The van der Waals surface area contributed by atoms with E-state index >= 15 is 0 Å². The number of hydrogen-bond donors (Lipinski definition) is 1. The van der Waals surface area contributed by atoms with Gasteiger partial charge >= 0.3 is 6.09 Å². The number of carbonyl (C=O) groups excluding carboxylic acids is 2. The van der Waals surface area contributed by atoms with Crippen LogP contribution < -0.4 is 5.32 Å². The molecular weight excluding hydrogens is 378 g/mol. The van der Waals surface area contributed by atoms with Crippen molar-refractivity contribution < 1.29 is 14.3 Å². The first-order valence-corrected chi connectivity index (χ1v) is 10.8. The minimum Gasteiger partial charge on any atom is -0.449 e. The highest BCUT2D eigenvalue weighted by atomic mass is 16.6. The van der Waals surface area contributed by atoms with Crippen LogP contribution in [0.2, 0.25) is 0 Å². The van der Waals surface area contributed by atoms with Crippen molar-refractivity contribution in [1.82, 2.24) is 15.1 Å². The summed E-state index contributed by atoms with van der Waals surface area (Å²) in [6.45, 7) is 9.57. The van der Waals surface area contributed by atoms with Gasteiger partial charge in [0, 0.05) is 26.2 Å². The fraction of sp³-hybridized carbons (Fsp3) is 0.500. The van der Waals surface area contributed by atoms with Crippen LogP contribution in [-0.4, -0.2) is 61.1 Å². The van der Waals surface area contributed by atoms with Gasteiger partial charge in [-0.2, -0.15) is 0 Å². The zero-order valence-electron chi connectivity index (χ0n) is 18.3. The Balaban J connectivity index is 1.51. The van der Waals surface area contributed by atoms with Crippen LogP contribution >= 0.6 is 0 Å². The predicted octanol–water partition coefficient (Wildman–Crippen LogP) is 3.82. The Morgan fingerprint density at radius 2 is 1.77 bits per heavy atom.